The molecule has 0 aromatic heterocycles. The van der Waals surface area contributed by atoms with Crippen molar-refractivity contribution < 1.29 is 4.79 Å². The lowest BCUT2D eigenvalue weighted by Gasteiger charge is -2.09. The van der Waals surface area contributed by atoms with Gasteiger partial charge in [-0.2, -0.15) is 0 Å². The average Bonchev–Trinajstić information content (AvgIpc) is 2.62. The number of carbonyl (C=O) groups excluding carboxylic acids is 1. The van der Waals surface area contributed by atoms with Crippen molar-refractivity contribution >= 4 is 5.78 Å². The number of ketones is 1. The SMILES string of the molecule is C=CC1CC1(NC)C(C)=O. The van der Waals surface area contributed by atoms with E-state index in [0.717, 1.165) is 6.42 Å². The minimum absolute atomic E-state index is 0.222. The second-order valence-corrected chi connectivity index (χ2v) is 2.82. The third-order valence-electron chi connectivity index (χ3n) is 2.37. The highest BCUT2D eigenvalue weighted by molar-refractivity contribution is 5.90. The predicted octanol–water partition coefficient (Wildman–Crippen LogP) is 0.739. The fourth-order valence-electron chi connectivity index (χ4n) is 1.44. The number of nitrogens with one attached hydrogen (secondary N) is 1. The van der Waals surface area contributed by atoms with E-state index < -0.39 is 0 Å². The molecular weight excluding hydrogens is 126 g/mol. The summed E-state index contributed by atoms with van der Waals surface area (Å²) in [6.07, 6.45) is 2.76. The number of hydrogen-bond donors (Lipinski definition) is 1. The van der Waals surface area contributed by atoms with E-state index in [1.54, 1.807) is 6.92 Å². The molecule has 0 bridgehead atoms. The molecule has 0 heterocycles. The molecule has 1 aliphatic rings. The van der Waals surface area contributed by atoms with Crippen LogP contribution in [0.15, 0.2) is 12.7 Å². The first-order valence-electron chi connectivity index (χ1n) is 3.50. The largest absolute Gasteiger partial charge is 0.308 e. The molecule has 0 aromatic rings. The van der Waals surface area contributed by atoms with Gasteiger partial charge in [0.25, 0.3) is 0 Å². The molecule has 10 heavy (non-hydrogen) atoms. The summed E-state index contributed by atoms with van der Waals surface area (Å²) in [6, 6.07) is 0. The molecular formula is C8H13NO. The van der Waals surface area contributed by atoms with E-state index in [4.69, 9.17) is 0 Å². The van der Waals surface area contributed by atoms with Crippen LogP contribution < -0.4 is 5.32 Å². The molecule has 1 fully saturated rings. The summed E-state index contributed by atoms with van der Waals surface area (Å²) in [7, 11) is 1.82. The summed E-state index contributed by atoms with van der Waals surface area (Å²) in [5.41, 5.74) is -0.248. The Labute approximate surface area is 61.3 Å². The molecule has 56 valence electrons. The Hall–Kier alpha value is -0.630. The highest BCUT2D eigenvalue weighted by Crippen LogP contribution is 2.44. The molecule has 2 nitrogen and oxygen atoms in total. The molecule has 1 aliphatic carbocycles. The van der Waals surface area contributed by atoms with E-state index in [1.165, 1.54) is 0 Å². The standard InChI is InChI=1S/C8H13NO/c1-4-7-5-8(7,9-3)6(2)10/h4,7,9H,1,5H2,2-3H3. The maximum atomic E-state index is 11.0. The zero-order valence-corrected chi connectivity index (χ0v) is 6.48. The second-order valence-electron chi connectivity index (χ2n) is 2.82. The van der Waals surface area contributed by atoms with Crippen molar-refractivity contribution in [1.82, 2.24) is 5.32 Å². The Bertz CT molecular complexity index is 176. The van der Waals surface area contributed by atoms with Crippen LogP contribution in [0.5, 0.6) is 0 Å². The van der Waals surface area contributed by atoms with Gasteiger partial charge in [0.05, 0.1) is 5.54 Å². The third kappa shape index (κ3) is 0.797. The third-order valence-corrected chi connectivity index (χ3v) is 2.37. The fourth-order valence-corrected chi connectivity index (χ4v) is 1.44. The van der Waals surface area contributed by atoms with Gasteiger partial charge in [0.15, 0.2) is 0 Å². The molecule has 0 spiro atoms. The zero-order chi connectivity index (χ0) is 7.78. The van der Waals surface area contributed by atoms with Crippen molar-refractivity contribution in [2.75, 3.05) is 7.05 Å². The quantitative estimate of drug-likeness (QED) is 0.584. The molecule has 1 saturated carbocycles. The van der Waals surface area contributed by atoms with Gasteiger partial charge in [-0.1, -0.05) is 6.08 Å². The Morgan fingerprint density at radius 1 is 1.90 bits per heavy atom. The lowest BCUT2D eigenvalue weighted by Crippen LogP contribution is -2.36. The van der Waals surface area contributed by atoms with E-state index in [9.17, 15) is 4.79 Å². The van der Waals surface area contributed by atoms with Crippen LogP contribution in [0.4, 0.5) is 0 Å². The van der Waals surface area contributed by atoms with Gasteiger partial charge in [-0.15, -0.1) is 6.58 Å². The van der Waals surface area contributed by atoms with Crippen LogP contribution in [-0.4, -0.2) is 18.4 Å². The molecule has 0 radical (unpaired) electrons. The molecule has 2 atom stereocenters. The van der Waals surface area contributed by atoms with Gasteiger partial charge in [0, 0.05) is 5.92 Å². The topological polar surface area (TPSA) is 29.1 Å². The molecule has 2 heteroatoms. The average molecular weight is 139 g/mol. The zero-order valence-electron chi connectivity index (χ0n) is 6.48. The molecule has 0 aromatic carbocycles. The van der Waals surface area contributed by atoms with Gasteiger partial charge in [0.1, 0.15) is 5.78 Å². The highest BCUT2D eigenvalue weighted by Gasteiger charge is 2.55. The molecule has 0 aliphatic heterocycles. The van der Waals surface area contributed by atoms with E-state index in [1.807, 2.05) is 13.1 Å². The lowest BCUT2D eigenvalue weighted by molar-refractivity contribution is -0.120. The predicted molar refractivity (Wildman–Crippen MR) is 40.8 cm³/mol. The summed E-state index contributed by atoms with van der Waals surface area (Å²) in [4.78, 5) is 11.0. The summed E-state index contributed by atoms with van der Waals surface area (Å²) in [6.45, 7) is 5.28. The van der Waals surface area contributed by atoms with Gasteiger partial charge < -0.3 is 5.32 Å². The van der Waals surface area contributed by atoms with Crippen molar-refractivity contribution in [1.29, 1.82) is 0 Å². The van der Waals surface area contributed by atoms with Crippen molar-refractivity contribution in [2.24, 2.45) is 5.92 Å². The lowest BCUT2D eigenvalue weighted by atomic mass is 10.1. The smallest absolute Gasteiger partial charge is 0.150 e. The highest BCUT2D eigenvalue weighted by atomic mass is 16.1. The van der Waals surface area contributed by atoms with Crippen LogP contribution in [0.2, 0.25) is 0 Å². The van der Waals surface area contributed by atoms with E-state index in [0.29, 0.717) is 5.92 Å². The first-order valence-corrected chi connectivity index (χ1v) is 3.50. The summed E-state index contributed by atoms with van der Waals surface area (Å²) < 4.78 is 0. The van der Waals surface area contributed by atoms with Crippen molar-refractivity contribution in [3.05, 3.63) is 12.7 Å². The van der Waals surface area contributed by atoms with Gasteiger partial charge >= 0.3 is 0 Å². The van der Waals surface area contributed by atoms with Crippen LogP contribution in [0.3, 0.4) is 0 Å². The van der Waals surface area contributed by atoms with E-state index in [2.05, 4.69) is 11.9 Å². The number of carbonyl (C=O) groups is 1. The van der Waals surface area contributed by atoms with Crippen LogP contribution in [-0.2, 0) is 4.79 Å². The Morgan fingerprint density at radius 2 is 2.50 bits per heavy atom. The molecule has 1 N–H and O–H groups in total. The number of Topliss-reactive ketones (excluding diaryl/α,β-unsaturated/α-hetero) is 1. The van der Waals surface area contributed by atoms with Gasteiger partial charge in [-0.3, -0.25) is 4.79 Å². The van der Waals surface area contributed by atoms with E-state index in [-0.39, 0.29) is 11.3 Å². The maximum absolute atomic E-state index is 11.0. The van der Waals surface area contributed by atoms with Gasteiger partial charge in [0.2, 0.25) is 0 Å². The summed E-state index contributed by atoms with van der Waals surface area (Å²) in [5.74, 6) is 0.579. The minimum atomic E-state index is -0.248. The van der Waals surface area contributed by atoms with Crippen molar-refractivity contribution in [2.45, 2.75) is 18.9 Å². The molecule has 0 amide bonds. The fraction of sp³-hybridized carbons (Fsp3) is 0.625. The number of rotatable bonds is 3. The Morgan fingerprint density at radius 3 is 2.60 bits per heavy atom. The molecule has 2 unspecified atom stereocenters. The van der Waals surface area contributed by atoms with Gasteiger partial charge in [-0.05, 0) is 20.4 Å². The van der Waals surface area contributed by atoms with E-state index >= 15 is 0 Å². The van der Waals surface area contributed by atoms with Gasteiger partial charge in [-0.25, -0.2) is 0 Å². The summed E-state index contributed by atoms with van der Waals surface area (Å²) in [5, 5.41) is 3.03. The molecule has 0 saturated heterocycles. The summed E-state index contributed by atoms with van der Waals surface area (Å²) >= 11 is 0. The Balaban J connectivity index is 2.67. The number of hydrogen-bond acceptors (Lipinski definition) is 2. The van der Waals surface area contributed by atoms with Crippen molar-refractivity contribution in [3.63, 3.8) is 0 Å². The Kier molecular flexibility index (Phi) is 1.65. The van der Waals surface area contributed by atoms with Crippen LogP contribution in [0, 0.1) is 5.92 Å². The first-order chi connectivity index (χ1) is 4.67. The first kappa shape index (κ1) is 7.48. The maximum Gasteiger partial charge on any atom is 0.150 e. The molecule has 1 rings (SSSR count). The van der Waals surface area contributed by atoms with Crippen LogP contribution in [0.25, 0.3) is 0 Å². The second kappa shape index (κ2) is 2.20. The normalized spacial score (nSPS) is 37.2. The van der Waals surface area contributed by atoms with Crippen LogP contribution in [0.1, 0.15) is 13.3 Å². The monoisotopic (exact) mass is 139 g/mol. The van der Waals surface area contributed by atoms with Crippen LogP contribution >= 0.6 is 0 Å². The minimum Gasteiger partial charge on any atom is -0.308 e. The number of likely N-dealkylation sites (N-methyl/N-ethyl adjacent to an activating group) is 1. The van der Waals surface area contributed by atoms with Crippen molar-refractivity contribution in [3.8, 4) is 0 Å².